The molecule has 0 unspecified atom stereocenters. The molecule has 0 aliphatic carbocycles. The van der Waals surface area contributed by atoms with Gasteiger partial charge in [-0.2, -0.15) is 0 Å². The van der Waals surface area contributed by atoms with E-state index in [4.69, 9.17) is 4.74 Å². The number of hydrogen-bond acceptors (Lipinski definition) is 3. The van der Waals surface area contributed by atoms with Crippen LogP contribution in [0.2, 0.25) is 0 Å². The molecule has 0 saturated carbocycles. The van der Waals surface area contributed by atoms with Gasteiger partial charge in [0.25, 0.3) is 0 Å². The van der Waals surface area contributed by atoms with Crippen molar-refractivity contribution in [2.24, 2.45) is 4.99 Å². The van der Waals surface area contributed by atoms with E-state index < -0.39 is 0 Å². The lowest BCUT2D eigenvalue weighted by molar-refractivity contribution is 0.152. The average molecular weight is 335 g/mol. The number of rotatable bonds is 11. The van der Waals surface area contributed by atoms with Gasteiger partial charge in [-0.15, -0.1) is 0 Å². The van der Waals surface area contributed by atoms with Crippen molar-refractivity contribution >= 4 is 5.96 Å². The van der Waals surface area contributed by atoms with Gasteiger partial charge >= 0.3 is 0 Å². The Hall–Kier alpha value is -1.59. The maximum atomic E-state index is 5.34. The SMILES string of the molecule is CCNC(=NCc1ccc(CN(CC)CC)cc1)NCCOCC. The summed E-state index contributed by atoms with van der Waals surface area (Å²) in [6.45, 7) is 15.4. The molecule has 1 rings (SSSR count). The van der Waals surface area contributed by atoms with Crippen molar-refractivity contribution in [1.29, 1.82) is 0 Å². The van der Waals surface area contributed by atoms with Gasteiger partial charge in [-0.3, -0.25) is 4.90 Å². The molecule has 0 bridgehead atoms. The van der Waals surface area contributed by atoms with Crippen LogP contribution in [0.3, 0.4) is 0 Å². The number of aliphatic imine (C=N–C) groups is 1. The van der Waals surface area contributed by atoms with Crippen molar-refractivity contribution in [1.82, 2.24) is 15.5 Å². The Labute approximate surface area is 147 Å². The van der Waals surface area contributed by atoms with E-state index in [0.29, 0.717) is 13.2 Å². The van der Waals surface area contributed by atoms with E-state index in [1.165, 1.54) is 11.1 Å². The van der Waals surface area contributed by atoms with Crippen LogP contribution in [0.4, 0.5) is 0 Å². The molecule has 0 aromatic heterocycles. The summed E-state index contributed by atoms with van der Waals surface area (Å²) in [4.78, 5) is 7.05. The number of nitrogens with zero attached hydrogens (tertiary/aromatic N) is 2. The van der Waals surface area contributed by atoms with Gasteiger partial charge < -0.3 is 15.4 Å². The standard InChI is InChI=1S/C19H34N4O/c1-5-20-19(21-13-14-24-8-4)22-15-17-9-11-18(12-10-17)16-23(6-2)7-3/h9-12H,5-8,13-16H2,1-4H3,(H2,20,21,22). The fraction of sp³-hybridized carbons (Fsp3) is 0.632. The van der Waals surface area contributed by atoms with Crippen LogP contribution in [0.25, 0.3) is 0 Å². The molecule has 2 N–H and O–H groups in total. The summed E-state index contributed by atoms with van der Waals surface area (Å²) in [7, 11) is 0. The van der Waals surface area contributed by atoms with Crippen molar-refractivity contribution in [3.05, 3.63) is 35.4 Å². The van der Waals surface area contributed by atoms with Crippen LogP contribution in [-0.2, 0) is 17.8 Å². The predicted molar refractivity (Wildman–Crippen MR) is 102 cm³/mol. The van der Waals surface area contributed by atoms with Crippen LogP contribution >= 0.6 is 0 Å². The summed E-state index contributed by atoms with van der Waals surface area (Å²) in [5.41, 5.74) is 2.58. The third-order valence-corrected chi connectivity index (χ3v) is 3.83. The lowest BCUT2D eigenvalue weighted by Gasteiger charge is -2.18. The van der Waals surface area contributed by atoms with E-state index in [1.54, 1.807) is 0 Å². The molecule has 5 heteroatoms. The highest BCUT2D eigenvalue weighted by molar-refractivity contribution is 5.79. The normalized spacial score (nSPS) is 11.8. The molecule has 0 spiro atoms. The van der Waals surface area contributed by atoms with Crippen molar-refractivity contribution in [3.63, 3.8) is 0 Å². The van der Waals surface area contributed by atoms with Crippen molar-refractivity contribution in [2.75, 3.05) is 39.4 Å². The summed E-state index contributed by atoms with van der Waals surface area (Å²) in [5.74, 6) is 0.837. The first-order chi connectivity index (χ1) is 11.7. The van der Waals surface area contributed by atoms with E-state index in [1.807, 2.05) is 6.92 Å². The Morgan fingerprint density at radius 3 is 2.25 bits per heavy atom. The second-order valence-corrected chi connectivity index (χ2v) is 5.60. The number of nitrogens with one attached hydrogen (secondary N) is 2. The second kappa shape index (κ2) is 12.8. The van der Waals surface area contributed by atoms with Crippen molar-refractivity contribution in [2.45, 2.75) is 40.8 Å². The zero-order chi connectivity index (χ0) is 17.6. The van der Waals surface area contributed by atoms with Gasteiger partial charge in [0, 0.05) is 26.2 Å². The van der Waals surface area contributed by atoms with Crippen molar-refractivity contribution < 1.29 is 4.74 Å². The van der Waals surface area contributed by atoms with Gasteiger partial charge in [-0.25, -0.2) is 4.99 Å². The molecular formula is C19H34N4O. The fourth-order valence-electron chi connectivity index (χ4n) is 2.35. The van der Waals surface area contributed by atoms with Gasteiger partial charge in [0.1, 0.15) is 0 Å². The van der Waals surface area contributed by atoms with Crippen molar-refractivity contribution in [3.8, 4) is 0 Å². The highest BCUT2D eigenvalue weighted by Gasteiger charge is 2.02. The van der Waals surface area contributed by atoms with Crippen LogP contribution in [0.15, 0.2) is 29.3 Å². The average Bonchev–Trinajstić information content (AvgIpc) is 2.62. The molecule has 0 amide bonds. The van der Waals surface area contributed by atoms with E-state index in [9.17, 15) is 0 Å². The van der Waals surface area contributed by atoms with E-state index in [-0.39, 0.29) is 0 Å². The molecule has 0 radical (unpaired) electrons. The Morgan fingerprint density at radius 1 is 1.00 bits per heavy atom. The molecule has 0 atom stereocenters. The first-order valence-corrected chi connectivity index (χ1v) is 9.13. The molecule has 0 heterocycles. The first kappa shape index (κ1) is 20.5. The Morgan fingerprint density at radius 2 is 1.67 bits per heavy atom. The topological polar surface area (TPSA) is 48.9 Å². The third kappa shape index (κ3) is 8.31. The highest BCUT2D eigenvalue weighted by atomic mass is 16.5. The molecule has 0 saturated heterocycles. The van der Waals surface area contributed by atoms with Crippen LogP contribution in [-0.4, -0.2) is 50.3 Å². The second-order valence-electron chi connectivity index (χ2n) is 5.60. The van der Waals surface area contributed by atoms with Gasteiger partial charge in [-0.05, 0) is 38.1 Å². The first-order valence-electron chi connectivity index (χ1n) is 9.13. The largest absolute Gasteiger partial charge is 0.380 e. The quantitative estimate of drug-likeness (QED) is 0.371. The van der Waals surface area contributed by atoms with E-state index in [0.717, 1.165) is 45.3 Å². The lowest BCUT2D eigenvalue weighted by Crippen LogP contribution is -2.39. The predicted octanol–water partition coefficient (Wildman–Crippen LogP) is 2.62. The zero-order valence-electron chi connectivity index (χ0n) is 15.8. The minimum atomic E-state index is 0.676. The molecule has 0 aliphatic heterocycles. The maximum Gasteiger partial charge on any atom is 0.191 e. The Bertz CT molecular complexity index is 455. The van der Waals surface area contributed by atoms with Crippen LogP contribution in [0.5, 0.6) is 0 Å². The highest BCUT2D eigenvalue weighted by Crippen LogP contribution is 2.08. The van der Waals surface area contributed by atoms with Gasteiger partial charge in [0.2, 0.25) is 0 Å². The summed E-state index contributed by atoms with van der Waals surface area (Å²) < 4.78 is 5.34. The van der Waals surface area contributed by atoms with Crippen LogP contribution < -0.4 is 10.6 Å². The van der Waals surface area contributed by atoms with Crippen LogP contribution in [0.1, 0.15) is 38.8 Å². The van der Waals surface area contributed by atoms with E-state index >= 15 is 0 Å². The van der Waals surface area contributed by atoms with Crippen LogP contribution in [0, 0.1) is 0 Å². The Balaban J connectivity index is 2.52. The molecule has 0 fully saturated rings. The molecule has 1 aromatic rings. The minimum absolute atomic E-state index is 0.676. The molecule has 1 aromatic carbocycles. The number of ether oxygens (including phenoxy) is 1. The lowest BCUT2D eigenvalue weighted by atomic mass is 10.1. The molecule has 0 aliphatic rings. The molecule has 5 nitrogen and oxygen atoms in total. The number of benzene rings is 1. The summed E-state index contributed by atoms with van der Waals surface area (Å²) in [6, 6.07) is 8.76. The Kier molecular flexibility index (Phi) is 10.9. The number of hydrogen-bond donors (Lipinski definition) is 2. The monoisotopic (exact) mass is 334 g/mol. The summed E-state index contributed by atoms with van der Waals surface area (Å²) in [5, 5.41) is 6.54. The van der Waals surface area contributed by atoms with Gasteiger partial charge in [-0.1, -0.05) is 38.1 Å². The molecular weight excluding hydrogens is 300 g/mol. The maximum absolute atomic E-state index is 5.34. The van der Waals surface area contributed by atoms with E-state index in [2.05, 4.69) is 65.6 Å². The summed E-state index contributed by atoms with van der Waals surface area (Å²) >= 11 is 0. The molecule has 24 heavy (non-hydrogen) atoms. The zero-order valence-corrected chi connectivity index (χ0v) is 15.8. The third-order valence-electron chi connectivity index (χ3n) is 3.83. The number of guanidine groups is 1. The summed E-state index contributed by atoms with van der Waals surface area (Å²) in [6.07, 6.45) is 0. The smallest absolute Gasteiger partial charge is 0.191 e. The minimum Gasteiger partial charge on any atom is -0.380 e. The fourth-order valence-corrected chi connectivity index (χ4v) is 2.35. The van der Waals surface area contributed by atoms with Gasteiger partial charge in [0.15, 0.2) is 5.96 Å². The molecule has 136 valence electrons. The van der Waals surface area contributed by atoms with Gasteiger partial charge in [0.05, 0.1) is 13.2 Å².